The standard InChI is InChI=1S/C25H31N5O3/c1-16(2)14-20(30-23(31)18-9-3-4-10-19(18)24(30)32)25(33)28-12-7-8-17(15-28)22-27-26-21-11-5-6-13-29(21)22/h3-6,11,13,16-20H,7-10,12,14-15H2,1-2H3. The van der Waals surface area contributed by atoms with Crippen molar-refractivity contribution in [3.05, 3.63) is 42.4 Å². The summed E-state index contributed by atoms with van der Waals surface area (Å²) in [5.74, 6) is 0.000849. The van der Waals surface area contributed by atoms with E-state index in [1.807, 2.05) is 59.7 Å². The quantitative estimate of drug-likeness (QED) is 0.517. The van der Waals surface area contributed by atoms with Gasteiger partial charge in [-0.3, -0.25) is 23.7 Å². The van der Waals surface area contributed by atoms with Gasteiger partial charge in [0.2, 0.25) is 17.7 Å². The van der Waals surface area contributed by atoms with Gasteiger partial charge in [0.1, 0.15) is 11.9 Å². The lowest BCUT2D eigenvalue weighted by Gasteiger charge is -2.37. The highest BCUT2D eigenvalue weighted by atomic mass is 16.2. The summed E-state index contributed by atoms with van der Waals surface area (Å²) in [4.78, 5) is 43.5. The minimum atomic E-state index is -0.732. The first-order chi connectivity index (χ1) is 16.0. The maximum absolute atomic E-state index is 13.8. The fourth-order valence-corrected chi connectivity index (χ4v) is 5.63. The molecule has 3 aliphatic rings. The van der Waals surface area contributed by atoms with Gasteiger partial charge in [0.15, 0.2) is 5.65 Å². The minimum absolute atomic E-state index is 0.0663. The van der Waals surface area contributed by atoms with E-state index in [0.29, 0.717) is 32.4 Å². The van der Waals surface area contributed by atoms with E-state index >= 15 is 0 Å². The third-order valence-electron chi connectivity index (χ3n) is 7.27. The highest BCUT2D eigenvalue weighted by Crippen LogP contribution is 2.38. The maximum atomic E-state index is 13.8. The first-order valence-corrected chi connectivity index (χ1v) is 12.1. The van der Waals surface area contributed by atoms with E-state index in [1.54, 1.807) is 0 Å². The van der Waals surface area contributed by atoms with Gasteiger partial charge in [-0.2, -0.15) is 0 Å². The number of piperidine rings is 1. The number of carbonyl (C=O) groups is 3. The number of likely N-dealkylation sites (tertiary alicyclic amines) is 2. The highest BCUT2D eigenvalue weighted by molar-refractivity contribution is 6.08. The fourth-order valence-electron chi connectivity index (χ4n) is 5.63. The number of amides is 3. The third kappa shape index (κ3) is 3.85. The van der Waals surface area contributed by atoms with Crippen molar-refractivity contribution in [3.8, 4) is 0 Å². The Labute approximate surface area is 193 Å². The lowest BCUT2D eigenvalue weighted by molar-refractivity contribution is -0.153. The van der Waals surface area contributed by atoms with Gasteiger partial charge in [-0.1, -0.05) is 32.1 Å². The Hall–Kier alpha value is -3.03. The lowest BCUT2D eigenvalue weighted by atomic mass is 9.85. The van der Waals surface area contributed by atoms with Crippen molar-refractivity contribution in [1.82, 2.24) is 24.4 Å². The molecule has 3 amide bonds. The predicted octanol–water partition coefficient (Wildman–Crippen LogP) is 2.80. The van der Waals surface area contributed by atoms with Gasteiger partial charge in [-0.15, -0.1) is 10.2 Å². The molecule has 0 N–H and O–H groups in total. The Balaban J connectivity index is 1.39. The average molecular weight is 450 g/mol. The molecule has 0 spiro atoms. The number of rotatable bonds is 5. The van der Waals surface area contributed by atoms with Crippen LogP contribution >= 0.6 is 0 Å². The number of nitrogens with zero attached hydrogens (tertiary/aromatic N) is 5. The molecule has 5 rings (SSSR count). The molecule has 1 aliphatic carbocycles. The molecule has 2 aliphatic heterocycles. The Morgan fingerprint density at radius 2 is 1.82 bits per heavy atom. The van der Waals surface area contributed by atoms with Gasteiger partial charge in [0.25, 0.3) is 0 Å². The molecular weight excluding hydrogens is 418 g/mol. The van der Waals surface area contributed by atoms with Crippen LogP contribution < -0.4 is 0 Å². The molecule has 0 aromatic carbocycles. The van der Waals surface area contributed by atoms with Crippen LogP contribution in [0.1, 0.15) is 57.7 Å². The van der Waals surface area contributed by atoms with E-state index in [0.717, 1.165) is 24.3 Å². The number of aromatic nitrogens is 3. The monoisotopic (exact) mass is 449 g/mol. The predicted molar refractivity (Wildman–Crippen MR) is 122 cm³/mol. The summed E-state index contributed by atoms with van der Waals surface area (Å²) in [6.07, 6.45) is 9.33. The van der Waals surface area contributed by atoms with Crippen LogP contribution in [0.15, 0.2) is 36.5 Å². The van der Waals surface area contributed by atoms with Gasteiger partial charge in [-0.05, 0) is 50.2 Å². The Morgan fingerprint density at radius 1 is 1.09 bits per heavy atom. The van der Waals surface area contributed by atoms with Crippen molar-refractivity contribution < 1.29 is 14.4 Å². The second-order valence-electron chi connectivity index (χ2n) is 9.96. The molecule has 4 heterocycles. The van der Waals surface area contributed by atoms with Gasteiger partial charge >= 0.3 is 0 Å². The zero-order chi connectivity index (χ0) is 23.1. The Morgan fingerprint density at radius 3 is 2.52 bits per heavy atom. The SMILES string of the molecule is CC(C)CC(C(=O)N1CCCC(c2nnc3ccccn23)C1)N1C(=O)C2CC=CCC2C1=O. The summed E-state index contributed by atoms with van der Waals surface area (Å²) in [5.41, 5.74) is 0.790. The zero-order valence-corrected chi connectivity index (χ0v) is 19.3. The molecule has 4 unspecified atom stereocenters. The van der Waals surface area contributed by atoms with Crippen molar-refractivity contribution in [3.63, 3.8) is 0 Å². The molecular formula is C25H31N5O3. The van der Waals surface area contributed by atoms with Gasteiger partial charge in [0, 0.05) is 25.2 Å². The van der Waals surface area contributed by atoms with Crippen molar-refractivity contribution in [1.29, 1.82) is 0 Å². The lowest BCUT2D eigenvalue weighted by Crippen LogP contribution is -2.53. The first kappa shape index (κ1) is 21.8. The van der Waals surface area contributed by atoms with Crippen LogP contribution in [-0.4, -0.2) is 61.3 Å². The number of hydrogen-bond donors (Lipinski definition) is 0. The van der Waals surface area contributed by atoms with E-state index in [1.165, 1.54) is 4.90 Å². The number of imide groups is 1. The molecule has 4 atom stereocenters. The van der Waals surface area contributed by atoms with E-state index < -0.39 is 6.04 Å². The third-order valence-corrected chi connectivity index (χ3v) is 7.27. The fraction of sp³-hybridized carbons (Fsp3) is 0.560. The Bertz CT molecular complexity index is 1080. The van der Waals surface area contributed by atoms with Crippen LogP contribution in [0.25, 0.3) is 5.65 Å². The normalized spacial score (nSPS) is 26.3. The first-order valence-electron chi connectivity index (χ1n) is 12.1. The molecule has 174 valence electrons. The zero-order valence-electron chi connectivity index (χ0n) is 19.3. The summed E-state index contributed by atoms with van der Waals surface area (Å²) >= 11 is 0. The summed E-state index contributed by atoms with van der Waals surface area (Å²) in [5, 5.41) is 8.67. The maximum Gasteiger partial charge on any atom is 0.245 e. The second kappa shape index (κ2) is 8.72. The minimum Gasteiger partial charge on any atom is -0.340 e. The molecule has 2 aromatic rings. The van der Waals surface area contributed by atoms with Gasteiger partial charge < -0.3 is 4.90 Å². The summed E-state index contributed by atoms with van der Waals surface area (Å²) in [6.45, 7) is 5.21. The van der Waals surface area contributed by atoms with Crippen LogP contribution in [-0.2, 0) is 14.4 Å². The van der Waals surface area contributed by atoms with Crippen LogP contribution in [0.2, 0.25) is 0 Å². The summed E-state index contributed by atoms with van der Waals surface area (Å²) in [7, 11) is 0. The summed E-state index contributed by atoms with van der Waals surface area (Å²) in [6, 6.07) is 5.06. The van der Waals surface area contributed by atoms with Crippen molar-refractivity contribution >= 4 is 23.4 Å². The van der Waals surface area contributed by atoms with Gasteiger partial charge in [-0.25, -0.2) is 0 Å². The molecule has 2 saturated heterocycles. The number of hydrogen-bond acceptors (Lipinski definition) is 5. The second-order valence-corrected chi connectivity index (χ2v) is 9.96. The molecule has 0 bridgehead atoms. The number of allylic oxidation sites excluding steroid dienone is 2. The highest BCUT2D eigenvalue weighted by Gasteiger charge is 2.52. The molecule has 33 heavy (non-hydrogen) atoms. The van der Waals surface area contributed by atoms with Crippen molar-refractivity contribution in [2.45, 2.75) is 57.9 Å². The van der Waals surface area contributed by atoms with Crippen molar-refractivity contribution in [2.75, 3.05) is 13.1 Å². The average Bonchev–Trinajstić information content (AvgIpc) is 3.37. The van der Waals surface area contributed by atoms with Crippen LogP contribution in [0.3, 0.4) is 0 Å². The molecule has 0 radical (unpaired) electrons. The van der Waals surface area contributed by atoms with E-state index in [9.17, 15) is 14.4 Å². The van der Waals surface area contributed by atoms with Crippen LogP contribution in [0.5, 0.6) is 0 Å². The number of fused-ring (bicyclic) bond motifs is 2. The molecule has 8 heteroatoms. The molecule has 2 fully saturated rings. The van der Waals surface area contributed by atoms with Gasteiger partial charge in [0.05, 0.1) is 11.8 Å². The van der Waals surface area contributed by atoms with Crippen molar-refractivity contribution in [2.24, 2.45) is 17.8 Å². The smallest absolute Gasteiger partial charge is 0.245 e. The van der Waals surface area contributed by atoms with Crippen LogP contribution in [0.4, 0.5) is 0 Å². The summed E-state index contributed by atoms with van der Waals surface area (Å²) < 4.78 is 1.98. The number of carbonyl (C=O) groups excluding carboxylic acids is 3. The molecule has 2 aromatic heterocycles. The Kier molecular flexibility index (Phi) is 5.76. The number of pyridine rings is 1. The van der Waals surface area contributed by atoms with Crippen LogP contribution in [0, 0.1) is 17.8 Å². The van der Waals surface area contributed by atoms with E-state index in [-0.39, 0.29) is 41.4 Å². The van der Waals surface area contributed by atoms with E-state index in [4.69, 9.17) is 0 Å². The van der Waals surface area contributed by atoms with E-state index in [2.05, 4.69) is 10.2 Å². The molecule has 0 saturated carbocycles. The molecule has 8 nitrogen and oxygen atoms in total. The topological polar surface area (TPSA) is 87.9 Å². The largest absolute Gasteiger partial charge is 0.340 e.